The number of anilines is 2. The van der Waals surface area contributed by atoms with E-state index in [0.29, 0.717) is 11.5 Å². The number of fused-ring (bicyclic) bond motifs is 1. The Labute approximate surface area is 129 Å². The predicted molar refractivity (Wildman–Crippen MR) is 83.8 cm³/mol. The summed E-state index contributed by atoms with van der Waals surface area (Å²) < 4.78 is 0. The van der Waals surface area contributed by atoms with Gasteiger partial charge in [-0.25, -0.2) is 9.78 Å². The fourth-order valence-electron chi connectivity index (χ4n) is 2.02. The number of carboxylic acid groups (broad SMARTS) is 1. The maximum Gasteiger partial charge on any atom is 0.337 e. The van der Waals surface area contributed by atoms with Gasteiger partial charge in [0.1, 0.15) is 10.6 Å². The summed E-state index contributed by atoms with van der Waals surface area (Å²) in [5.74, 6) is -0.501. The van der Waals surface area contributed by atoms with Crippen LogP contribution in [0.5, 0.6) is 0 Å². The van der Waals surface area contributed by atoms with E-state index in [1.165, 1.54) is 17.4 Å². The lowest BCUT2D eigenvalue weighted by Crippen LogP contribution is -2.03. The second-order valence-electron chi connectivity index (χ2n) is 4.39. The molecule has 0 radical (unpaired) electrons. The number of nitrogens with one attached hydrogen (secondary N) is 1. The van der Waals surface area contributed by atoms with Gasteiger partial charge in [-0.2, -0.15) is 4.98 Å². The van der Waals surface area contributed by atoms with Gasteiger partial charge >= 0.3 is 5.97 Å². The van der Waals surface area contributed by atoms with Crippen molar-refractivity contribution in [3.05, 3.63) is 46.1 Å². The lowest BCUT2D eigenvalue weighted by Gasteiger charge is -2.09. The number of rotatable bonds is 3. The minimum atomic E-state index is -1.00. The first-order valence-corrected chi connectivity index (χ1v) is 7.27. The number of benzene rings is 1. The average Bonchev–Trinajstić information content (AvgIpc) is 2.79. The summed E-state index contributed by atoms with van der Waals surface area (Å²) in [5.41, 5.74) is 0.636. The van der Waals surface area contributed by atoms with E-state index in [-0.39, 0.29) is 10.8 Å². The molecule has 0 unspecified atom stereocenters. The van der Waals surface area contributed by atoms with Crippen molar-refractivity contribution in [1.82, 2.24) is 9.97 Å². The van der Waals surface area contributed by atoms with Crippen LogP contribution >= 0.6 is 22.9 Å². The molecule has 5 nitrogen and oxygen atoms in total. The molecule has 2 N–H and O–H groups in total. The SMILES string of the molecule is Cc1cc2c(Nc3ccccc3C(=O)O)nc(Cl)nc2s1. The summed E-state index contributed by atoms with van der Waals surface area (Å²) in [5, 5.41) is 13.2. The quantitative estimate of drug-likeness (QED) is 0.711. The molecule has 106 valence electrons. The monoisotopic (exact) mass is 319 g/mol. The van der Waals surface area contributed by atoms with Gasteiger partial charge in [-0.15, -0.1) is 11.3 Å². The van der Waals surface area contributed by atoms with Crippen molar-refractivity contribution in [3.8, 4) is 0 Å². The van der Waals surface area contributed by atoms with Crippen LogP contribution in [-0.4, -0.2) is 21.0 Å². The maximum absolute atomic E-state index is 11.2. The van der Waals surface area contributed by atoms with Gasteiger partial charge in [0.25, 0.3) is 0 Å². The highest BCUT2D eigenvalue weighted by atomic mass is 35.5. The average molecular weight is 320 g/mol. The normalized spacial score (nSPS) is 10.8. The first-order chi connectivity index (χ1) is 10.0. The van der Waals surface area contributed by atoms with Gasteiger partial charge in [0, 0.05) is 4.88 Å². The fourth-order valence-corrected chi connectivity index (χ4v) is 3.12. The molecule has 0 aliphatic rings. The van der Waals surface area contributed by atoms with Gasteiger partial charge in [0.2, 0.25) is 5.28 Å². The zero-order chi connectivity index (χ0) is 15.0. The van der Waals surface area contributed by atoms with Gasteiger partial charge in [-0.05, 0) is 36.7 Å². The number of aromatic nitrogens is 2. The minimum Gasteiger partial charge on any atom is -0.478 e. The molecule has 0 aliphatic carbocycles. The molecule has 0 aliphatic heterocycles. The number of carbonyl (C=O) groups is 1. The van der Waals surface area contributed by atoms with Gasteiger partial charge in [0.15, 0.2) is 0 Å². The minimum absolute atomic E-state index is 0.125. The summed E-state index contributed by atoms with van der Waals surface area (Å²) in [6.07, 6.45) is 0. The van der Waals surface area contributed by atoms with Gasteiger partial charge in [-0.3, -0.25) is 0 Å². The Morgan fingerprint density at radius 2 is 2.10 bits per heavy atom. The van der Waals surface area contributed by atoms with E-state index in [1.807, 2.05) is 13.0 Å². The van der Waals surface area contributed by atoms with E-state index in [0.717, 1.165) is 15.1 Å². The van der Waals surface area contributed by atoms with Crippen LogP contribution < -0.4 is 5.32 Å². The number of hydrogen-bond acceptors (Lipinski definition) is 5. The smallest absolute Gasteiger partial charge is 0.337 e. The maximum atomic E-state index is 11.2. The summed E-state index contributed by atoms with van der Waals surface area (Å²) >= 11 is 7.44. The van der Waals surface area contributed by atoms with Crippen molar-refractivity contribution >= 4 is 50.6 Å². The predicted octanol–water partition coefficient (Wildman–Crippen LogP) is 4.09. The summed E-state index contributed by atoms with van der Waals surface area (Å²) in [6, 6.07) is 8.59. The second-order valence-corrected chi connectivity index (χ2v) is 5.97. The van der Waals surface area contributed by atoms with E-state index in [9.17, 15) is 9.90 Å². The number of para-hydroxylation sites is 1. The Morgan fingerprint density at radius 1 is 1.33 bits per heavy atom. The third-order valence-electron chi connectivity index (χ3n) is 2.90. The van der Waals surface area contributed by atoms with Crippen LogP contribution in [0.2, 0.25) is 5.28 Å². The Balaban J connectivity index is 2.12. The third kappa shape index (κ3) is 2.68. The van der Waals surface area contributed by atoms with Crippen molar-refractivity contribution in [2.24, 2.45) is 0 Å². The zero-order valence-corrected chi connectivity index (χ0v) is 12.5. The number of carboxylic acids is 1. The van der Waals surface area contributed by atoms with Gasteiger partial charge in [0.05, 0.1) is 16.6 Å². The number of nitrogens with zero attached hydrogens (tertiary/aromatic N) is 2. The Morgan fingerprint density at radius 3 is 2.86 bits per heavy atom. The van der Waals surface area contributed by atoms with E-state index in [2.05, 4.69) is 15.3 Å². The van der Waals surface area contributed by atoms with Crippen LogP contribution in [0.4, 0.5) is 11.5 Å². The van der Waals surface area contributed by atoms with Crippen LogP contribution in [-0.2, 0) is 0 Å². The standard InChI is InChI=1S/C14H10ClN3O2S/c1-7-6-9-11(17-14(15)18-12(9)21-7)16-10-5-3-2-4-8(10)13(19)20/h2-6H,1H3,(H,19,20)(H,16,17,18). The Kier molecular flexibility index (Phi) is 3.48. The Hall–Kier alpha value is -2.18. The van der Waals surface area contributed by atoms with E-state index in [1.54, 1.807) is 18.2 Å². The molecular formula is C14H10ClN3O2S. The Bertz CT molecular complexity index is 847. The van der Waals surface area contributed by atoms with Crippen LogP contribution in [0, 0.1) is 6.92 Å². The third-order valence-corrected chi connectivity index (χ3v) is 4.01. The summed E-state index contributed by atoms with van der Waals surface area (Å²) in [6.45, 7) is 1.97. The molecule has 3 aromatic rings. The van der Waals surface area contributed by atoms with E-state index >= 15 is 0 Å². The van der Waals surface area contributed by atoms with Crippen molar-refractivity contribution < 1.29 is 9.90 Å². The van der Waals surface area contributed by atoms with E-state index in [4.69, 9.17) is 11.6 Å². The molecule has 0 spiro atoms. The number of aryl methyl sites for hydroxylation is 1. The molecule has 0 saturated heterocycles. The van der Waals surface area contributed by atoms with Gasteiger partial charge in [-0.1, -0.05) is 12.1 Å². The summed E-state index contributed by atoms with van der Waals surface area (Å²) in [4.78, 5) is 21.4. The molecule has 0 fully saturated rings. The number of aromatic carboxylic acids is 1. The fraction of sp³-hybridized carbons (Fsp3) is 0.0714. The molecule has 0 bridgehead atoms. The molecule has 2 heterocycles. The van der Waals surface area contributed by atoms with Crippen LogP contribution in [0.15, 0.2) is 30.3 Å². The highest BCUT2D eigenvalue weighted by molar-refractivity contribution is 7.18. The van der Waals surface area contributed by atoms with Crippen LogP contribution in [0.1, 0.15) is 15.2 Å². The lowest BCUT2D eigenvalue weighted by atomic mass is 10.2. The molecule has 0 atom stereocenters. The summed E-state index contributed by atoms with van der Waals surface area (Å²) in [7, 11) is 0. The van der Waals surface area contributed by atoms with Crippen molar-refractivity contribution in [2.75, 3.05) is 5.32 Å². The molecule has 7 heteroatoms. The topological polar surface area (TPSA) is 75.1 Å². The molecule has 21 heavy (non-hydrogen) atoms. The van der Waals surface area contributed by atoms with Crippen molar-refractivity contribution in [1.29, 1.82) is 0 Å². The molecule has 0 saturated carbocycles. The first-order valence-electron chi connectivity index (χ1n) is 6.07. The highest BCUT2D eigenvalue weighted by Gasteiger charge is 2.13. The largest absolute Gasteiger partial charge is 0.478 e. The number of halogens is 1. The number of thiophene rings is 1. The van der Waals surface area contributed by atoms with Crippen molar-refractivity contribution in [3.63, 3.8) is 0 Å². The van der Waals surface area contributed by atoms with Gasteiger partial charge < -0.3 is 10.4 Å². The zero-order valence-electron chi connectivity index (χ0n) is 10.9. The van der Waals surface area contributed by atoms with Crippen molar-refractivity contribution in [2.45, 2.75) is 6.92 Å². The van der Waals surface area contributed by atoms with Crippen LogP contribution in [0.25, 0.3) is 10.2 Å². The van der Waals surface area contributed by atoms with E-state index < -0.39 is 5.97 Å². The van der Waals surface area contributed by atoms with Crippen LogP contribution in [0.3, 0.4) is 0 Å². The number of hydrogen-bond donors (Lipinski definition) is 2. The molecule has 0 amide bonds. The molecule has 3 rings (SSSR count). The first kappa shape index (κ1) is 13.8. The molecule has 1 aromatic carbocycles. The molecule has 2 aromatic heterocycles. The lowest BCUT2D eigenvalue weighted by molar-refractivity contribution is 0.0698. The second kappa shape index (κ2) is 5.31. The highest BCUT2D eigenvalue weighted by Crippen LogP contribution is 2.31. The molecular weight excluding hydrogens is 310 g/mol.